The van der Waals surface area contributed by atoms with Crippen LogP contribution in [0.2, 0.25) is 0 Å². The van der Waals surface area contributed by atoms with E-state index in [-0.39, 0.29) is 0 Å². The van der Waals surface area contributed by atoms with E-state index in [0.717, 1.165) is 28.0 Å². The molecule has 0 unspecified atom stereocenters. The maximum absolute atomic E-state index is 14.9. The minimum absolute atomic E-state index is 0.546. The fourth-order valence-electron chi connectivity index (χ4n) is 2.51. The van der Waals surface area contributed by atoms with Crippen molar-refractivity contribution < 1.29 is 4.39 Å². The van der Waals surface area contributed by atoms with Gasteiger partial charge in [-0.2, -0.15) is 0 Å². The van der Waals surface area contributed by atoms with Gasteiger partial charge < -0.3 is 0 Å². The Bertz CT molecular complexity index is 671. The summed E-state index contributed by atoms with van der Waals surface area (Å²) >= 11 is 0. The van der Waals surface area contributed by atoms with Crippen molar-refractivity contribution >= 4 is 11.9 Å². The maximum Gasteiger partial charge on any atom is 0.132 e. The predicted molar refractivity (Wildman–Crippen MR) is 111 cm³/mol. The van der Waals surface area contributed by atoms with Crippen molar-refractivity contribution in [2.24, 2.45) is 9.98 Å². The van der Waals surface area contributed by atoms with Gasteiger partial charge in [0.1, 0.15) is 5.67 Å². The fraction of sp³-hybridized carbons (Fsp3) is 0.455. The van der Waals surface area contributed by atoms with E-state index < -0.39 is 5.67 Å². The molecule has 0 aliphatic rings. The number of hydrogen-bond donors (Lipinski definition) is 0. The molecule has 0 heterocycles. The van der Waals surface area contributed by atoms with Gasteiger partial charge in [-0.25, -0.2) is 4.39 Å². The Morgan fingerprint density at radius 1 is 1.00 bits per heavy atom. The molecule has 0 fully saturated rings. The third-order valence-electron chi connectivity index (χ3n) is 3.71. The van der Waals surface area contributed by atoms with Gasteiger partial charge in [0, 0.05) is 24.5 Å². The van der Waals surface area contributed by atoms with Crippen molar-refractivity contribution in [3.05, 3.63) is 58.4 Å². The van der Waals surface area contributed by atoms with E-state index in [0.29, 0.717) is 11.3 Å². The fourth-order valence-corrected chi connectivity index (χ4v) is 2.51. The summed E-state index contributed by atoms with van der Waals surface area (Å²) in [4.78, 5) is 8.75. The molecule has 0 saturated heterocycles. The van der Waals surface area contributed by atoms with E-state index in [4.69, 9.17) is 0 Å². The van der Waals surface area contributed by atoms with Crippen LogP contribution in [0.3, 0.4) is 0 Å². The van der Waals surface area contributed by atoms with E-state index >= 15 is 0 Å². The lowest BCUT2D eigenvalue weighted by Gasteiger charge is -2.21. The van der Waals surface area contributed by atoms with Crippen molar-refractivity contribution in [3.63, 3.8) is 0 Å². The Kier molecular flexibility index (Phi) is 9.25. The molecular formula is C22H33FN2. The van der Waals surface area contributed by atoms with Gasteiger partial charge in [0.15, 0.2) is 0 Å². The first-order chi connectivity index (χ1) is 11.5. The van der Waals surface area contributed by atoms with Crippen LogP contribution >= 0.6 is 0 Å². The lowest BCUT2D eigenvalue weighted by molar-refractivity contribution is 0.277. The molecule has 0 N–H and O–H groups in total. The van der Waals surface area contributed by atoms with Gasteiger partial charge in [0.25, 0.3) is 0 Å². The summed E-state index contributed by atoms with van der Waals surface area (Å²) in [5.41, 5.74) is 4.27. The van der Waals surface area contributed by atoms with Crippen LogP contribution in [0.4, 0.5) is 4.39 Å². The van der Waals surface area contributed by atoms with Crippen molar-refractivity contribution in [2.75, 3.05) is 7.05 Å². The minimum atomic E-state index is -1.52. The average molecular weight is 345 g/mol. The second-order valence-electron chi connectivity index (χ2n) is 6.73. The summed E-state index contributed by atoms with van der Waals surface area (Å²) in [6, 6.07) is 0. The van der Waals surface area contributed by atoms with Gasteiger partial charge in [0.05, 0.1) is 5.70 Å². The highest BCUT2D eigenvalue weighted by Gasteiger charge is 2.25. The summed E-state index contributed by atoms with van der Waals surface area (Å²) in [5.74, 6) is 0. The molecule has 0 aliphatic carbocycles. The average Bonchev–Trinajstić information content (AvgIpc) is 2.49. The van der Waals surface area contributed by atoms with Gasteiger partial charge in [-0.15, -0.1) is 0 Å². The summed E-state index contributed by atoms with van der Waals surface area (Å²) in [5, 5.41) is 0. The molecule has 0 atom stereocenters. The number of aliphatic imine (C=N–C) groups is 2. The smallest absolute Gasteiger partial charge is 0.132 e. The zero-order valence-corrected chi connectivity index (χ0v) is 17.3. The molecule has 0 aromatic carbocycles. The Morgan fingerprint density at radius 3 is 1.84 bits per heavy atom. The van der Waals surface area contributed by atoms with Crippen molar-refractivity contribution in [2.45, 2.75) is 61.1 Å². The lowest BCUT2D eigenvalue weighted by atomic mass is 9.91. The molecule has 0 radical (unpaired) electrons. The first-order valence-corrected chi connectivity index (χ1v) is 8.54. The SMILES string of the molecule is C=C(C)C(N=C(C)\C(=C/C(=C\C)C(/C=NC)=C/C)C(C)(C)F)=C(C)C. The van der Waals surface area contributed by atoms with Crippen LogP contribution in [0.25, 0.3) is 0 Å². The maximum atomic E-state index is 14.9. The lowest BCUT2D eigenvalue weighted by Crippen LogP contribution is -2.22. The molecule has 0 spiro atoms. The largest absolute Gasteiger partial charge is 0.296 e. The third-order valence-corrected chi connectivity index (χ3v) is 3.71. The summed E-state index contributed by atoms with van der Waals surface area (Å²) in [7, 11) is 1.72. The third kappa shape index (κ3) is 7.16. The van der Waals surface area contributed by atoms with Crippen LogP contribution in [0.5, 0.6) is 0 Å². The molecule has 0 saturated carbocycles. The van der Waals surface area contributed by atoms with Crippen LogP contribution < -0.4 is 0 Å². The van der Waals surface area contributed by atoms with Gasteiger partial charge in [-0.3, -0.25) is 9.98 Å². The zero-order valence-electron chi connectivity index (χ0n) is 17.3. The van der Waals surface area contributed by atoms with Crippen molar-refractivity contribution in [3.8, 4) is 0 Å². The molecule has 3 heteroatoms. The number of nitrogens with zero attached hydrogens (tertiary/aromatic N) is 2. The Labute approximate surface area is 153 Å². The first kappa shape index (κ1) is 23.0. The summed E-state index contributed by atoms with van der Waals surface area (Å²) in [6.07, 6.45) is 7.55. The van der Waals surface area contributed by atoms with E-state index in [1.807, 2.05) is 59.8 Å². The molecular weight excluding hydrogens is 311 g/mol. The van der Waals surface area contributed by atoms with E-state index in [9.17, 15) is 4.39 Å². The topological polar surface area (TPSA) is 24.7 Å². The number of hydrogen-bond acceptors (Lipinski definition) is 2. The number of alkyl halides is 1. The van der Waals surface area contributed by atoms with Crippen LogP contribution in [-0.4, -0.2) is 24.6 Å². The van der Waals surface area contributed by atoms with E-state index in [2.05, 4.69) is 16.6 Å². The molecule has 138 valence electrons. The molecule has 0 aromatic heterocycles. The van der Waals surface area contributed by atoms with Crippen LogP contribution in [0.15, 0.2) is 68.4 Å². The standard InChI is InChI=1S/C22H33FN2/c1-11-18(19(12-2)14-24-10)13-20(22(8,9)23)17(7)25-21(15(3)4)16(5)6/h11-14H,3H2,1-2,4-10H3/b18-11+,19-12+,20-13+,24-14?,25-17?. The normalized spacial score (nSPS) is 15.0. The monoisotopic (exact) mass is 344 g/mol. The summed E-state index contributed by atoms with van der Waals surface area (Å²) in [6.45, 7) is 18.7. The minimum Gasteiger partial charge on any atom is -0.296 e. The van der Waals surface area contributed by atoms with E-state index in [1.165, 1.54) is 0 Å². The van der Waals surface area contributed by atoms with Gasteiger partial charge >= 0.3 is 0 Å². The Morgan fingerprint density at radius 2 is 1.52 bits per heavy atom. The van der Waals surface area contributed by atoms with Gasteiger partial charge in [0.2, 0.25) is 0 Å². The molecule has 2 nitrogen and oxygen atoms in total. The Balaban J connectivity index is 6.40. The first-order valence-electron chi connectivity index (χ1n) is 8.54. The number of allylic oxidation sites excluding steroid dienone is 8. The van der Waals surface area contributed by atoms with Crippen LogP contribution in [0, 0.1) is 0 Å². The predicted octanol–water partition coefficient (Wildman–Crippen LogP) is 6.59. The van der Waals surface area contributed by atoms with Gasteiger partial charge in [-0.1, -0.05) is 24.3 Å². The zero-order chi connectivity index (χ0) is 19.8. The second-order valence-corrected chi connectivity index (χ2v) is 6.73. The summed E-state index contributed by atoms with van der Waals surface area (Å²) < 4.78 is 14.9. The van der Waals surface area contributed by atoms with E-state index in [1.54, 1.807) is 27.1 Å². The van der Waals surface area contributed by atoms with Crippen LogP contribution in [-0.2, 0) is 0 Å². The molecule has 0 amide bonds. The highest BCUT2D eigenvalue weighted by atomic mass is 19.1. The van der Waals surface area contributed by atoms with Gasteiger partial charge in [-0.05, 0) is 78.2 Å². The molecule has 0 aromatic rings. The molecule has 25 heavy (non-hydrogen) atoms. The van der Waals surface area contributed by atoms with Crippen molar-refractivity contribution in [1.82, 2.24) is 0 Å². The number of rotatable bonds is 7. The molecule has 0 aliphatic heterocycles. The molecule has 0 bridgehead atoms. The highest BCUT2D eigenvalue weighted by Crippen LogP contribution is 2.27. The molecule has 0 rings (SSSR count). The Hall–Kier alpha value is -2.03. The second kappa shape index (κ2) is 10.1. The highest BCUT2D eigenvalue weighted by molar-refractivity contribution is 6.02. The number of halogens is 1. The van der Waals surface area contributed by atoms with Crippen LogP contribution in [0.1, 0.15) is 55.4 Å². The quantitative estimate of drug-likeness (QED) is 0.368. The van der Waals surface area contributed by atoms with Crippen molar-refractivity contribution in [1.29, 1.82) is 0 Å².